The first-order valence-electron chi connectivity index (χ1n) is 5.19. The van der Waals surface area contributed by atoms with Gasteiger partial charge in [-0.2, -0.15) is 0 Å². The summed E-state index contributed by atoms with van der Waals surface area (Å²) in [5.41, 5.74) is 2.89. The summed E-state index contributed by atoms with van der Waals surface area (Å²) in [5.74, 6) is 1.18. The molecule has 0 radical (unpaired) electrons. The van der Waals surface area contributed by atoms with E-state index in [-0.39, 0.29) is 0 Å². The van der Waals surface area contributed by atoms with E-state index >= 15 is 0 Å². The van der Waals surface area contributed by atoms with Crippen LogP contribution in [0.5, 0.6) is 0 Å². The Kier molecular flexibility index (Phi) is 2.58. The lowest BCUT2D eigenvalue weighted by Gasteiger charge is -2.25. The largest absolute Gasteiger partial charge is 0.134 e. The van der Waals surface area contributed by atoms with E-state index in [1.165, 1.54) is 11.0 Å². The summed E-state index contributed by atoms with van der Waals surface area (Å²) in [6.07, 6.45) is 6.68. The van der Waals surface area contributed by atoms with Crippen LogP contribution in [-0.2, 0) is 0 Å². The summed E-state index contributed by atoms with van der Waals surface area (Å²) in [7, 11) is 2.21. The number of allylic oxidation sites excluding steroid dienone is 4. The maximum Gasteiger partial charge on any atom is 0.134 e. The van der Waals surface area contributed by atoms with E-state index in [0.29, 0.717) is 11.8 Å². The van der Waals surface area contributed by atoms with E-state index in [0.717, 1.165) is 0 Å². The van der Waals surface area contributed by atoms with E-state index in [1.54, 1.807) is 0 Å². The molecule has 0 saturated carbocycles. The third kappa shape index (κ3) is 1.67. The van der Waals surface area contributed by atoms with Crippen LogP contribution in [0.1, 0.15) is 18.4 Å². The predicted molar refractivity (Wildman–Crippen MR) is 64.1 cm³/mol. The summed E-state index contributed by atoms with van der Waals surface area (Å²) in [6, 6.07) is 10.7. The van der Waals surface area contributed by atoms with Gasteiger partial charge in [0, 0.05) is 5.92 Å². The van der Waals surface area contributed by atoms with Gasteiger partial charge in [-0.1, -0.05) is 55.5 Å². The molecule has 1 aliphatic carbocycles. The SMILES string of the molecule is BC1=CC=CC(c2ccccc2)C1C. The van der Waals surface area contributed by atoms with Gasteiger partial charge in [-0.15, -0.1) is 5.47 Å². The molecule has 0 spiro atoms. The van der Waals surface area contributed by atoms with Crippen LogP contribution in [0, 0.1) is 5.92 Å². The highest BCUT2D eigenvalue weighted by atomic mass is 14.2. The molecule has 0 aliphatic heterocycles. The molecule has 0 bridgehead atoms. The zero-order chi connectivity index (χ0) is 9.97. The Bertz CT molecular complexity index is 362. The Labute approximate surface area is 86.8 Å². The second-order valence-electron chi connectivity index (χ2n) is 4.02. The molecule has 1 aromatic carbocycles. The minimum Gasteiger partial charge on any atom is -0.106 e. The van der Waals surface area contributed by atoms with Gasteiger partial charge in [-0.3, -0.25) is 0 Å². The van der Waals surface area contributed by atoms with Gasteiger partial charge in [-0.05, 0) is 11.5 Å². The molecule has 14 heavy (non-hydrogen) atoms. The third-order valence-corrected chi connectivity index (χ3v) is 3.12. The quantitative estimate of drug-likeness (QED) is 0.585. The lowest BCUT2D eigenvalue weighted by atomic mass is 9.72. The lowest BCUT2D eigenvalue weighted by molar-refractivity contribution is 0.623. The van der Waals surface area contributed by atoms with Crippen LogP contribution in [0.4, 0.5) is 0 Å². The molecule has 0 heterocycles. The Morgan fingerprint density at radius 2 is 1.86 bits per heavy atom. The van der Waals surface area contributed by atoms with Crippen LogP contribution in [0.25, 0.3) is 0 Å². The highest BCUT2D eigenvalue weighted by Crippen LogP contribution is 2.32. The molecule has 1 aliphatic rings. The minimum absolute atomic E-state index is 0.557. The molecule has 2 rings (SSSR count). The van der Waals surface area contributed by atoms with Crippen molar-refractivity contribution in [3.05, 3.63) is 59.6 Å². The molecule has 0 fully saturated rings. The molecule has 0 amide bonds. The average molecular weight is 182 g/mol. The monoisotopic (exact) mass is 182 g/mol. The zero-order valence-corrected chi connectivity index (χ0v) is 8.77. The molecule has 2 atom stereocenters. The molecular weight excluding hydrogens is 167 g/mol. The van der Waals surface area contributed by atoms with Gasteiger partial charge in [0.2, 0.25) is 0 Å². The summed E-state index contributed by atoms with van der Waals surface area (Å²) in [4.78, 5) is 0. The normalized spacial score (nSPS) is 25.9. The highest BCUT2D eigenvalue weighted by molar-refractivity contribution is 6.22. The molecule has 0 nitrogen and oxygen atoms in total. The van der Waals surface area contributed by atoms with Crippen LogP contribution in [0.2, 0.25) is 0 Å². The molecule has 70 valence electrons. The van der Waals surface area contributed by atoms with Crippen molar-refractivity contribution in [3.63, 3.8) is 0 Å². The Balaban J connectivity index is 2.29. The van der Waals surface area contributed by atoms with E-state index in [1.807, 2.05) is 0 Å². The van der Waals surface area contributed by atoms with Gasteiger partial charge < -0.3 is 0 Å². The van der Waals surface area contributed by atoms with E-state index in [9.17, 15) is 0 Å². The Morgan fingerprint density at radius 1 is 1.14 bits per heavy atom. The van der Waals surface area contributed by atoms with Gasteiger partial charge in [0.05, 0.1) is 0 Å². The van der Waals surface area contributed by atoms with Crippen molar-refractivity contribution in [2.75, 3.05) is 0 Å². The Morgan fingerprint density at radius 3 is 2.57 bits per heavy atom. The first-order chi connectivity index (χ1) is 6.79. The fraction of sp³-hybridized carbons (Fsp3) is 0.231. The first kappa shape index (κ1) is 9.33. The second kappa shape index (κ2) is 3.87. The van der Waals surface area contributed by atoms with Crippen LogP contribution in [-0.4, -0.2) is 7.85 Å². The van der Waals surface area contributed by atoms with Gasteiger partial charge >= 0.3 is 0 Å². The number of hydrogen-bond donors (Lipinski definition) is 0. The molecule has 0 aromatic heterocycles. The van der Waals surface area contributed by atoms with Gasteiger partial charge in [0.15, 0.2) is 0 Å². The van der Waals surface area contributed by atoms with Gasteiger partial charge in [-0.25, -0.2) is 0 Å². The zero-order valence-electron chi connectivity index (χ0n) is 8.77. The fourth-order valence-electron chi connectivity index (χ4n) is 2.00. The molecule has 0 N–H and O–H groups in total. The van der Waals surface area contributed by atoms with Gasteiger partial charge in [0.25, 0.3) is 0 Å². The minimum atomic E-state index is 0.557. The van der Waals surface area contributed by atoms with Crippen molar-refractivity contribution >= 4 is 7.85 Å². The van der Waals surface area contributed by atoms with Crippen molar-refractivity contribution in [2.45, 2.75) is 12.8 Å². The predicted octanol–water partition coefficient (Wildman–Crippen LogP) is 2.49. The Hall–Kier alpha value is -1.24. The van der Waals surface area contributed by atoms with E-state index in [2.05, 4.69) is 63.3 Å². The average Bonchev–Trinajstić information content (AvgIpc) is 2.23. The standard InChI is InChI=1S/C13H15B/c1-10-12(8-5-9-13(10)14)11-6-3-2-4-7-11/h2-10,12H,14H2,1H3. The van der Waals surface area contributed by atoms with Crippen molar-refractivity contribution in [1.29, 1.82) is 0 Å². The van der Waals surface area contributed by atoms with Gasteiger partial charge in [0.1, 0.15) is 7.85 Å². The number of benzene rings is 1. The van der Waals surface area contributed by atoms with Crippen molar-refractivity contribution in [3.8, 4) is 0 Å². The smallest absolute Gasteiger partial charge is 0.106 e. The van der Waals surface area contributed by atoms with Crippen molar-refractivity contribution in [2.24, 2.45) is 5.92 Å². The summed E-state index contributed by atoms with van der Waals surface area (Å²) in [6.45, 7) is 2.30. The molecular formula is C13H15B. The summed E-state index contributed by atoms with van der Waals surface area (Å²) >= 11 is 0. The molecule has 1 aromatic rings. The van der Waals surface area contributed by atoms with Crippen LogP contribution in [0.15, 0.2) is 54.0 Å². The third-order valence-electron chi connectivity index (χ3n) is 3.12. The second-order valence-corrected chi connectivity index (χ2v) is 4.02. The highest BCUT2D eigenvalue weighted by Gasteiger charge is 2.19. The number of hydrogen-bond acceptors (Lipinski definition) is 0. The lowest BCUT2D eigenvalue weighted by Crippen LogP contribution is -2.12. The molecule has 1 heteroatoms. The summed E-state index contributed by atoms with van der Waals surface area (Å²) in [5, 5.41) is 0. The molecule has 0 saturated heterocycles. The fourth-order valence-corrected chi connectivity index (χ4v) is 2.00. The maximum absolute atomic E-state index is 2.30. The van der Waals surface area contributed by atoms with Crippen LogP contribution < -0.4 is 0 Å². The molecule has 2 unspecified atom stereocenters. The number of rotatable bonds is 1. The summed E-state index contributed by atoms with van der Waals surface area (Å²) < 4.78 is 0. The van der Waals surface area contributed by atoms with E-state index < -0.39 is 0 Å². The van der Waals surface area contributed by atoms with Crippen molar-refractivity contribution < 1.29 is 0 Å². The first-order valence-corrected chi connectivity index (χ1v) is 5.19. The van der Waals surface area contributed by atoms with Crippen LogP contribution in [0.3, 0.4) is 0 Å². The van der Waals surface area contributed by atoms with Crippen LogP contribution >= 0.6 is 0 Å². The maximum atomic E-state index is 2.30. The topological polar surface area (TPSA) is 0 Å². The van der Waals surface area contributed by atoms with Crippen molar-refractivity contribution in [1.82, 2.24) is 0 Å². The van der Waals surface area contributed by atoms with E-state index in [4.69, 9.17) is 0 Å².